The molecule has 3 N–H and O–H groups in total. The standard InChI is InChI=1S/C19H25N5/c1-6-12-24-18(14(4)21-19(24)20)17(7-2)23-15(5)22-16-10-8-13(3)9-11-16/h6-12H,1-5H3,(H2,20,21)(H,22,23)/b12-6-,17-7-. The highest BCUT2D eigenvalue weighted by Crippen LogP contribution is 2.24. The number of hydrogen-bond donors (Lipinski definition) is 2. The van der Waals surface area contributed by atoms with Crippen LogP contribution in [-0.4, -0.2) is 15.4 Å². The average molecular weight is 323 g/mol. The summed E-state index contributed by atoms with van der Waals surface area (Å²) in [4.78, 5) is 9.07. The summed E-state index contributed by atoms with van der Waals surface area (Å²) in [7, 11) is 0. The highest BCUT2D eigenvalue weighted by Gasteiger charge is 2.14. The van der Waals surface area contributed by atoms with E-state index in [0.717, 1.165) is 28.6 Å². The van der Waals surface area contributed by atoms with Crippen LogP contribution >= 0.6 is 0 Å². The number of aromatic nitrogens is 2. The van der Waals surface area contributed by atoms with Crippen molar-refractivity contribution in [3.63, 3.8) is 0 Å². The van der Waals surface area contributed by atoms with Crippen LogP contribution in [0.4, 0.5) is 11.6 Å². The highest BCUT2D eigenvalue weighted by molar-refractivity contribution is 5.97. The summed E-state index contributed by atoms with van der Waals surface area (Å²) in [6.45, 7) is 9.85. The Balaban J connectivity index is 2.34. The molecule has 0 unspecified atom stereocenters. The van der Waals surface area contributed by atoms with Crippen LogP contribution < -0.4 is 11.1 Å². The fraction of sp³-hybridized carbons (Fsp3) is 0.263. The third-order valence-corrected chi connectivity index (χ3v) is 3.59. The summed E-state index contributed by atoms with van der Waals surface area (Å²) in [5.41, 5.74) is 10.8. The molecule has 0 atom stereocenters. The van der Waals surface area contributed by atoms with E-state index in [9.17, 15) is 0 Å². The van der Waals surface area contributed by atoms with E-state index in [0.29, 0.717) is 5.95 Å². The average Bonchev–Trinajstić information content (AvgIpc) is 2.82. The lowest BCUT2D eigenvalue weighted by atomic mass is 10.2. The predicted octanol–water partition coefficient (Wildman–Crippen LogP) is 4.46. The van der Waals surface area contributed by atoms with Crippen LogP contribution in [0.3, 0.4) is 0 Å². The summed E-state index contributed by atoms with van der Waals surface area (Å²) in [6.07, 6.45) is 5.78. The molecule has 0 aliphatic rings. The van der Waals surface area contributed by atoms with E-state index in [2.05, 4.69) is 29.4 Å². The van der Waals surface area contributed by atoms with Crippen molar-refractivity contribution in [1.29, 1.82) is 0 Å². The second kappa shape index (κ2) is 7.64. The van der Waals surface area contributed by atoms with Crippen molar-refractivity contribution in [2.75, 3.05) is 11.1 Å². The van der Waals surface area contributed by atoms with Gasteiger partial charge in [0.15, 0.2) is 0 Å². The highest BCUT2D eigenvalue weighted by atomic mass is 15.2. The van der Waals surface area contributed by atoms with E-state index in [4.69, 9.17) is 10.7 Å². The van der Waals surface area contributed by atoms with Crippen LogP contribution in [-0.2, 0) is 0 Å². The molecule has 1 aromatic heterocycles. The van der Waals surface area contributed by atoms with Gasteiger partial charge < -0.3 is 11.1 Å². The van der Waals surface area contributed by atoms with E-state index < -0.39 is 0 Å². The van der Waals surface area contributed by atoms with Crippen molar-refractivity contribution >= 4 is 29.4 Å². The molecule has 2 rings (SSSR count). The maximum absolute atomic E-state index is 6.00. The summed E-state index contributed by atoms with van der Waals surface area (Å²) in [5.74, 6) is 1.26. The monoisotopic (exact) mass is 323 g/mol. The molecule has 0 saturated heterocycles. The number of rotatable bonds is 4. The lowest BCUT2D eigenvalue weighted by Gasteiger charge is -2.10. The Bertz CT molecular complexity index is 792. The zero-order valence-electron chi connectivity index (χ0n) is 15.0. The zero-order chi connectivity index (χ0) is 17.7. The van der Waals surface area contributed by atoms with Crippen molar-refractivity contribution in [2.24, 2.45) is 4.99 Å². The van der Waals surface area contributed by atoms with Gasteiger partial charge in [0.1, 0.15) is 5.84 Å². The molecule has 2 aromatic rings. The smallest absolute Gasteiger partial charge is 0.205 e. The van der Waals surface area contributed by atoms with Gasteiger partial charge >= 0.3 is 0 Å². The van der Waals surface area contributed by atoms with Gasteiger partial charge in [0, 0.05) is 11.9 Å². The van der Waals surface area contributed by atoms with Crippen LogP contribution in [0.15, 0.2) is 41.4 Å². The number of nitrogens with zero attached hydrogens (tertiary/aromatic N) is 3. The number of allylic oxidation sites excluding steroid dienone is 2. The largest absolute Gasteiger partial charge is 0.369 e. The Labute approximate surface area is 143 Å². The van der Waals surface area contributed by atoms with E-state index in [1.165, 1.54) is 5.56 Å². The first kappa shape index (κ1) is 17.5. The Kier molecular flexibility index (Phi) is 5.58. The molecule has 0 aliphatic carbocycles. The molecule has 0 aliphatic heterocycles. The van der Waals surface area contributed by atoms with Crippen molar-refractivity contribution < 1.29 is 0 Å². The molecular formula is C19H25N5. The van der Waals surface area contributed by atoms with Crippen LogP contribution in [0.5, 0.6) is 0 Å². The van der Waals surface area contributed by atoms with Gasteiger partial charge in [-0.1, -0.05) is 29.8 Å². The van der Waals surface area contributed by atoms with Crippen LogP contribution in [0.2, 0.25) is 0 Å². The summed E-state index contributed by atoms with van der Waals surface area (Å²) in [5, 5.41) is 3.31. The number of hydrogen-bond acceptors (Lipinski definition) is 3. The fourth-order valence-electron chi connectivity index (χ4n) is 2.48. The number of aliphatic imine (C=N–C) groups is 1. The Morgan fingerprint density at radius 1 is 1.21 bits per heavy atom. The molecular weight excluding hydrogens is 298 g/mol. The van der Waals surface area contributed by atoms with Gasteiger partial charge in [-0.25, -0.2) is 9.98 Å². The predicted molar refractivity (Wildman–Crippen MR) is 104 cm³/mol. The Morgan fingerprint density at radius 3 is 2.46 bits per heavy atom. The normalized spacial score (nSPS) is 12.9. The van der Waals surface area contributed by atoms with Gasteiger partial charge in [0.2, 0.25) is 5.95 Å². The second-order valence-corrected chi connectivity index (χ2v) is 5.62. The number of nitrogen functional groups attached to an aromatic ring is 1. The minimum absolute atomic E-state index is 0.458. The summed E-state index contributed by atoms with van der Waals surface area (Å²) in [6, 6.07) is 8.21. The summed E-state index contributed by atoms with van der Waals surface area (Å²) < 4.78 is 1.85. The minimum atomic E-state index is 0.458. The molecule has 126 valence electrons. The quantitative estimate of drug-likeness (QED) is 0.644. The third-order valence-electron chi connectivity index (χ3n) is 3.59. The molecule has 1 heterocycles. The molecule has 0 spiro atoms. The lowest BCUT2D eigenvalue weighted by Crippen LogP contribution is -2.08. The molecule has 0 fully saturated rings. The number of anilines is 2. The first-order valence-electron chi connectivity index (χ1n) is 7.99. The Hall–Kier alpha value is -2.82. The van der Waals surface area contributed by atoms with Gasteiger partial charge in [0.05, 0.1) is 17.1 Å². The van der Waals surface area contributed by atoms with Crippen LogP contribution in [0.25, 0.3) is 11.9 Å². The zero-order valence-corrected chi connectivity index (χ0v) is 15.0. The molecule has 1 aromatic carbocycles. The van der Waals surface area contributed by atoms with E-state index in [1.807, 2.05) is 62.7 Å². The van der Waals surface area contributed by atoms with Gasteiger partial charge in [-0.2, -0.15) is 0 Å². The molecule has 24 heavy (non-hydrogen) atoms. The van der Waals surface area contributed by atoms with Crippen molar-refractivity contribution in [1.82, 2.24) is 9.55 Å². The lowest BCUT2D eigenvalue weighted by molar-refractivity contribution is 1.12. The molecule has 0 saturated carbocycles. The first-order chi connectivity index (χ1) is 11.5. The molecule has 5 heteroatoms. The molecule has 0 bridgehead atoms. The summed E-state index contributed by atoms with van der Waals surface area (Å²) >= 11 is 0. The molecule has 5 nitrogen and oxygen atoms in total. The fourth-order valence-corrected chi connectivity index (χ4v) is 2.48. The van der Waals surface area contributed by atoms with Gasteiger partial charge in [-0.3, -0.25) is 4.57 Å². The van der Waals surface area contributed by atoms with E-state index in [1.54, 1.807) is 0 Å². The maximum atomic E-state index is 6.00. The van der Waals surface area contributed by atoms with Crippen LogP contribution in [0, 0.1) is 13.8 Å². The number of imidazole rings is 1. The van der Waals surface area contributed by atoms with Gasteiger partial charge in [-0.15, -0.1) is 0 Å². The van der Waals surface area contributed by atoms with Crippen molar-refractivity contribution in [2.45, 2.75) is 34.6 Å². The number of benzene rings is 1. The first-order valence-corrected chi connectivity index (χ1v) is 7.99. The third kappa shape index (κ3) is 3.93. The van der Waals surface area contributed by atoms with E-state index >= 15 is 0 Å². The number of aryl methyl sites for hydroxylation is 2. The number of amidine groups is 1. The van der Waals surface area contributed by atoms with Gasteiger partial charge in [0.25, 0.3) is 0 Å². The SMILES string of the molecule is C/C=C\n1c(N)nc(C)c1/C(=C/C)N=C(C)Nc1ccc(C)cc1. The Morgan fingerprint density at radius 2 is 1.88 bits per heavy atom. The molecule has 0 radical (unpaired) electrons. The van der Waals surface area contributed by atoms with Crippen molar-refractivity contribution in [3.05, 3.63) is 53.4 Å². The van der Waals surface area contributed by atoms with Gasteiger partial charge in [-0.05, 0) is 46.8 Å². The van der Waals surface area contributed by atoms with Crippen LogP contribution in [0.1, 0.15) is 37.7 Å². The van der Waals surface area contributed by atoms with Crippen molar-refractivity contribution in [3.8, 4) is 0 Å². The molecule has 0 amide bonds. The van der Waals surface area contributed by atoms with E-state index in [-0.39, 0.29) is 0 Å². The minimum Gasteiger partial charge on any atom is -0.369 e. The number of nitrogens with two attached hydrogens (primary N) is 1. The second-order valence-electron chi connectivity index (χ2n) is 5.62. The number of nitrogens with one attached hydrogen (secondary N) is 1. The maximum Gasteiger partial charge on any atom is 0.205 e. The topological polar surface area (TPSA) is 68.2 Å².